The lowest BCUT2D eigenvalue weighted by Gasteiger charge is -2.34. The van der Waals surface area contributed by atoms with Gasteiger partial charge in [-0.1, -0.05) is 6.42 Å². The molecule has 28 heavy (non-hydrogen) atoms. The van der Waals surface area contributed by atoms with Crippen LogP contribution in [0.1, 0.15) is 19.3 Å². The molecule has 8 heteroatoms. The smallest absolute Gasteiger partial charge is 0.165 e. The molecule has 0 aliphatic carbocycles. The van der Waals surface area contributed by atoms with Crippen LogP contribution in [-0.2, 0) is 11.8 Å². The molecule has 2 fully saturated rings. The van der Waals surface area contributed by atoms with Gasteiger partial charge in [0.25, 0.3) is 0 Å². The van der Waals surface area contributed by atoms with Crippen molar-refractivity contribution in [3.8, 4) is 11.4 Å². The molecule has 2 saturated heterocycles. The van der Waals surface area contributed by atoms with E-state index in [4.69, 9.17) is 14.7 Å². The van der Waals surface area contributed by atoms with E-state index in [2.05, 4.69) is 20.3 Å². The summed E-state index contributed by atoms with van der Waals surface area (Å²) in [7, 11) is 1.90. The van der Waals surface area contributed by atoms with Crippen LogP contribution in [0, 0.1) is 0 Å². The molecule has 0 bridgehead atoms. The molecule has 2 aliphatic heterocycles. The molecule has 8 nitrogen and oxygen atoms in total. The number of nitrogens with one attached hydrogen (secondary N) is 1. The first kappa shape index (κ1) is 17.5. The van der Waals surface area contributed by atoms with Gasteiger partial charge in [-0.3, -0.25) is 14.6 Å². The molecule has 0 spiro atoms. The Morgan fingerprint density at radius 2 is 2.00 bits per heavy atom. The second-order valence-electron chi connectivity index (χ2n) is 7.60. The molecule has 3 aromatic rings. The summed E-state index contributed by atoms with van der Waals surface area (Å²) in [6, 6.07) is 4.46. The Balaban J connectivity index is 1.49. The van der Waals surface area contributed by atoms with Gasteiger partial charge in [-0.25, -0.2) is 9.97 Å². The number of hydrogen-bond donors (Lipinski definition) is 1. The average Bonchev–Trinajstić information content (AvgIpc) is 3.36. The first-order valence-corrected chi connectivity index (χ1v) is 9.98. The predicted octanol–water partition coefficient (Wildman–Crippen LogP) is 2.09. The Morgan fingerprint density at radius 3 is 2.82 bits per heavy atom. The van der Waals surface area contributed by atoms with Gasteiger partial charge in [-0.05, 0) is 38.1 Å². The minimum Gasteiger partial charge on any atom is -0.378 e. The Kier molecular flexibility index (Phi) is 4.66. The fourth-order valence-corrected chi connectivity index (χ4v) is 4.22. The summed E-state index contributed by atoms with van der Waals surface area (Å²) in [5.41, 5.74) is 1.70. The number of aryl methyl sites for hydroxylation is 1. The number of nitrogens with zero attached hydrogens (tertiary/aromatic N) is 6. The van der Waals surface area contributed by atoms with Crippen LogP contribution in [0.5, 0.6) is 0 Å². The van der Waals surface area contributed by atoms with Crippen molar-refractivity contribution in [1.82, 2.24) is 29.6 Å². The molecule has 0 unspecified atom stereocenters. The molecule has 3 aromatic heterocycles. The molecular formula is C20H25N7O. The SMILES string of the molecule is Cn1ncc2c(N[C@H]3COC[C@@H]3N3CCCCC3)nc(-c3cccnc3)nc21. The van der Waals surface area contributed by atoms with Gasteiger partial charge in [0.15, 0.2) is 11.5 Å². The average molecular weight is 379 g/mol. The van der Waals surface area contributed by atoms with Gasteiger partial charge in [0.1, 0.15) is 5.82 Å². The lowest BCUT2D eigenvalue weighted by Crippen LogP contribution is -2.48. The monoisotopic (exact) mass is 379 g/mol. The number of hydrogen-bond acceptors (Lipinski definition) is 7. The number of aromatic nitrogens is 5. The van der Waals surface area contributed by atoms with Crippen LogP contribution in [0.2, 0.25) is 0 Å². The number of likely N-dealkylation sites (tertiary alicyclic amines) is 1. The van der Waals surface area contributed by atoms with Gasteiger partial charge < -0.3 is 10.1 Å². The van der Waals surface area contributed by atoms with Crippen LogP contribution < -0.4 is 5.32 Å². The number of pyridine rings is 1. The van der Waals surface area contributed by atoms with E-state index in [9.17, 15) is 0 Å². The van der Waals surface area contributed by atoms with Crippen LogP contribution in [0.4, 0.5) is 5.82 Å². The quantitative estimate of drug-likeness (QED) is 0.743. The highest BCUT2D eigenvalue weighted by atomic mass is 16.5. The van der Waals surface area contributed by atoms with Crippen molar-refractivity contribution in [2.75, 3.05) is 31.6 Å². The second kappa shape index (κ2) is 7.44. The zero-order chi connectivity index (χ0) is 18.9. The predicted molar refractivity (Wildman–Crippen MR) is 107 cm³/mol. The molecule has 5 heterocycles. The number of fused-ring (bicyclic) bond motifs is 1. The summed E-state index contributed by atoms with van der Waals surface area (Å²) in [6.07, 6.45) is 9.25. The van der Waals surface area contributed by atoms with Crippen molar-refractivity contribution >= 4 is 16.9 Å². The lowest BCUT2D eigenvalue weighted by molar-refractivity contribution is 0.127. The van der Waals surface area contributed by atoms with Crippen molar-refractivity contribution in [3.05, 3.63) is 30.7 Å². The Labute approximate surface area is 163 Å². The normalized spacial score (nSPS) is 23.3. The van der Waals surface area contributed by atoms with E-state index in [-0.39, 0.29) is 6.04 Å². The maximum absolute atomic E-state index is 5.85. The summed E-state index contributed by atoms with van der Waals surface area (Å²) in [6.45, 7) is 3.77. The highest BCUT2D eigenvalue weighted by Gasteiger charge is 2.34. The largest absolute Gasteiger partial charge is 0.378 e. The van der Waals surface area contributed by atoms with Crippen LogP contribution in [0.3, 0.4) is 0 Å². The second-order valence-corrected chi connectivity index (χ2v) is 7.60. The molecular weight excluding hydrogens is 354 g/mol. The maximum Gasteiger partial charge on any atom is 0.165 e. The van der Waals surface area contributed by atoms with Crippen LogP contribution >= 0.6 is 0 Å². The standard InChI is InChI=1S/C20H25N7O/c1-26-20-15(11-22-26)19(24-18(25-20)14-6-5-7-21-10-14)23-16-12-28-13-17(16)27-8-3-2-4-9-27/h5-7,10-11,16-17H,2-4,8-9,12-13H2,1H3,(H,23,24,25)/t16-,17-/m0/s1. The Bertz CT molecular complexity index is 952. The van der Waals surface area contributed by atoms with E-state index in [0.717, 1.165) is 42.1 Å². The van der Waals surface area contributed by atoms with Crippen molar-refractivity contribution in [2.24, 2.45) is 7.05 Å². The van der Waals surface area contributed by atoms with Gasteiger partial charge >= 0.3 is 0 Å². The van der Waals surface area contributed by atoms with E-state index in [1.807, 2.05) is 25.4 Å². The summed E-state index contributed by atoms with van der Waals surface area (Å²) in [5.74, 6) is 1.47. The number of rotatable bonds is 4. The minimum absolute atomic E-state index is 0.207. The van der Waals surface area contributed by atoms with E-state index in [1.165, 1.54) is 19.3 Å². The third kappa shape index (κ3) is 3.22. The van der Waals surface area contributed by atoms with Crippen molar-refractivity contribution in [1.29, 1.82) is 0 Å². The number of anilines is 1. The van der Waals surface area contributed by atoms with Crippen LogP contribution in [-0.4, -0.2) is 68.0 Å². The summed E-state index contributed by atoms with van der Waals surface area (Å²) in [5, 5.41) is 8.98. The number of ether oxygens (including phenoxy) is 1. The van der Waals surface area contributed by atoms with Gasteiger partial charge in [-0.2, -0.15) is 5.10 Å². The first-order chi connectivity index (χ1) is 13.8. The fraction of sp³-hybridized carbons (Fsp3) is 0.500. The highest BCUT2D eigenvalue weighted by Crippen LogP contribution is 2.27. The minimum atomic E-state index is 0.207. The zero-order valence-corrected chi connectivity index (χ0v) is 16.1. The van der Waals surface area contributed by atoms with Gasteiger partial charge in [0, 0.05) is 25.0 Å². The van der Waals surface area contributed by atoms with E-state index >= 15 is 0 Å². The first-order valence-electron chi connectivity index (χ1n) is 9.98. The lowest BCUT2D eigenvalue weighted by atomic mass is 10.0. The highest BCUT2D eigenvalue weighted by molar-refractivity contribution is 5.88. The molecule has 0 aromatic carbocycles. The molecule has 2 atom stereocenters. The van der Waals surface area contributed by atoms with Gasteiger partial charge in [0.2, 0.25) is 0 Å². The molecule has 0 saturated carbocycles. The Hall–Kier alpha value is -2.58. The van der Waals surface area contributed by atoms with E-state index < -0.39 is 0 Å². The molecule has 0 radical (unpaired) electrons. The summed E-state index contributed by atoms with van der Waals surface area (Å²) in [4.78, 5) is 16.3. The molecule has 5 rings (SSSR count). The summed E-state index contributed by atoms with van der Waals surface area (Å²) >= 11 is 0. The molecule has 0 amide bonds. The van der Waals surface area contributed by atoms with Crippen molar-refractivity contribution in [3.63, 3.8) is 0 Å². The van der Waals surface area contributed by atoms with E-state index in [0.29, 0.717) is 18.5 Å². The summed E-state index contributed by atoms with van der Waals surface area (Å²) < 4.78 is 7.64. The molecule has 2 aliphatic rings. The van der Waals surface area contributed by atoms with Crippen LogP contribution in [0.15, 0.2) is 30.7 Å². The number of piperidine rings is 1. The molecule has 1 N–H and O–H groups in total. The van der Waals surface area contributed by atoms with Crippen molar-refractivity contribution in [2.45, 2.75) is 31.3 Å². The van der Waals surface area contributed by atoms with E-state index in [1.54, 1.807) is 17.1 Å². The third-order valence-corrected chi connectivity index (χ3v) is 5.74. The zero-order valence-electron chi connectivity index (χ0n) is 16.1. The van der Waals surface area contributed by atoms with Crippen LogP contribution in [0.25, 0.3) is 22.4 Å². The van der Waals surface area contributed by atoms with Gasteiger partial charge in [-0.15, -0.1) is 0 Å². The van der Waals surface area contributed by atoms with Crippen molar-refractivity contribution < 1.29 is 4.74 Å². The maximum atomic E-state index is 5.85. The Morgan fingerprint density at radius 1 is 1.11 bits per heavy atom. The molecule has 146 valence electrons. The fourth-order valence-electron chi connectivity index (χ4n) is 4.22. The topological polar surface area (TPSA) is 81.0 Å². The van der Waals surface area contributed by atoms with Gasteiger partial charge in [0.05, 0.1) is 36.9 Å². The third-order valence-electron chi connectivity index (χ3n) is 5.74.